The highest BCUT2D eigenvalue weighted by molar-refractivity contribution is 6.03. The summed E-state index contributed by atoms with van der Waals surface area (Å²) in [5, 5.41) is 0. The topological polar surface area (TPSA) is 38.7 Å². The normalized spacial score (nSPS) is 19.8. The minimum atomic E-state index is -0.301. The molecule has 2 rings (SSSR count). The first-order valence-electron chi connectivity index (χ1n) is 5.01. The number of carbonyl (C=O) groups excluding carboxylic acids is 1. The second kappa shape index (κ2) is 4.26. The fourth-order valence-electron chi connectivity index (χ4n) is 1.75. The van der Waals surface area contributed by atoms with Crippen molar-refractivity contribution in [3.05, 3.63) is 35.9 Å². The van der Waals surface area contributed by atoms with E-state index in [4.69, 9.17) is 0 Å². The summed E-state index contributed by atoms with van der Waals surface area (Å²) in [6.07, 6.45) is 1.61. The lowest BCUT2D eigenvalue weighted by molar-refractivity contribution is -0.141. The Morgan fingerprint density at radius 1 is 1.40 bits per heavy atom. The molecule has 0 radical (unpaired) electrons. The van der Waals surface area contributed by atoms with Crippen molar-refractivity contribution < 1.29 is 9.53 Å². The summed E-state index contributed by atoms with van der Waals surface area (Å²) in [5.74, 6) is -0.235. The first-order valence-corrected chi connectivity index (χ1v) is 5.01. The highest BCUT2D eigenvalue weighted by atomic mass is 16.5. The molecule has 0 spiro atoms. The molecule has 1 aliphatic rings. The molecule has 0 aliphatic carbocycles. The van der Waals surface area contributed by atoms with Gasteiger partial charge in [-0.15, -0.1) is 0 Å². The fraction of sp³-hybridized carbons (Fsp3) is 0.333. The van der Waals surface area contributed by atoms with Gasteiger partial charge in [0.2, 0.25) is 0 Å². The molecule has 1 heterocycles. The molecule has 3 nitrogen and oxygen atoms in total. The van der Waals surface area contributed by atoms with Crippen molar-refractivity contribution in [3.8, 4) is 0 Å². The second-order valence-corrected chi connectivity index (χ2v) is 3.52. The summed E-state index contributed by atoms with van der Waals surface area (Å²) in [7, 11) is 1.40. The van der Waals surface area contributed by atoms with E-state index in [-0.39, 0.29) is 12.0 Å². The first-order chi connectivity index (χ1) is 7.31. The largest absolute Gasteiger partial charge is 0.467 e. The number of aliphatic imine (C=N–C) groups is 1. The van der Waals surface area contributed by atoms with Crippen molar-refractivity contribution in [2.24, 2.45) is 4.99 Å². The third-order valence-electron chi connectivity index (χ3n) is 2.55. The van der Waals surface area contributed by atoms with Crippen LogP contribution in [0.15, 0.2) is 35.3 Å². The van der Waals surface area contributed by atoms with Crippen LogP contribution in [0.2, 0.25) is 0 Å². The van der Waals surface area contributed by atoms with Gasteiger partial charge in [0, 0.05) is 5.71 Å². The van der Waals surface area contributed by atoms with Gasteiger partial charge < -0.3 is 4.74 Å². The van der Waals surface area contributed by atoms with E-state index in [9.17, 15) is 4.79 Å². The molecule has 1 aromatic rings. The van der Waals surface area contributed by atoms with Crippen LogP contribution in [0, 0.1) is 0 Å². The van der Waals surface area contributed by atoms with E-state index >= 15 is 0 Å². The number of rotatable bonds is 2. The molecule has 0 saturated carbocycles. The second-order valence-electron chi connectivity index (χ2n) is 3.52. The Balaban J connectivity index is 2.17. The van der Waals surface area contributed by atoms with Crippen LogP contribution in [0.4, 0.5) is 0 Å². The van der Waals surface area contributed by atoms with E-state index in [1.54, 1.807) is 0 Å². The molecule has 0 bridgehead atoms. The lowest BCUT2D eigenvalue weighted by atomic mass is 10.1. The van der Waals surface area contributed by atoms with Crippen LogP contribution < -0.4 is 0 Å². The van der Waals surface area contributed by atoms with Crippen molar-refractivity contribution >= 4 is 11.7 Å². The van der Waals surface area contributed by atoms with Gasteiger partial charge in [-0.2, -0.15) is 0 Å². The van der Waals surface area contributed by atoms with Crippen LogP contribution in [0.25, 0.3) is 0 Å². The van der Waals surface area contributed by atoms with Crippen molar-refractivity contribution in [1.29, 1.82) is 0 Å². The molecular formula is C12H13NO2. The van der Waals surface area contributed by atoms with Crippen LogP contribution >= 0.6 is 0 Å². The molecule has 0 aromatic heterocycles. The average molecular weight is 203 g/mol. The number of esters is 1. The van der Waals surface area contributed by atoms with Crippen LogP contribution in [0.5, 0.6) is 0 Å². The summed E-state index contributed by atoms with van der Waals surface area (Å²) in [4.78, 5) is 15.6. The van der Waals surface area contributed by atoms with Gasteiger partial charge in [-0.05, 0) is 18.4 Å². The summed E-state index contributed by atoms with van der Waals surface area (Å²) in [6.45, 7) is 0. The predicted molar refractivity (Wildman–Crippen MR) is 58.0 cm³/mol. The third kappa shape index (κ3) is 2.06. The van der Waals surface area contributed by atoms with E-state index < -0.39 is 0 Å². The Hall–Kier alpha value is -1.64. The minimum absolute atomic E-state index is 0.235. The Morgan fingerprint density at radius 3 is 2.80 bits per heavy atom. The molecule has 15 heavy (non-hydrogen) atoms. The molecule has 0 fully saturated rings. The molecule has 1 aromatic carbocycles. The highest BCUT2D eigenvalue weighted by Crippen LogP contribution is 2.19. The smallest absolute Gasteiger partial charge is 0.330 e. The fourth-order valence-corrected chi connectivity index (χ4v) is 1.75. The molecular weight excluding hydrogens is 190 g/mol. The van der Waals surface area contributed by atoms with Crippen molar-refractivity contribution in [1.82, 2.24) is 0 Å². The Labute approximate surface area is 88.8 Å². The highest BCUT2D eigenvalue weighted by Gasteiger charge is 2.25. The summed E-state index contributed by atoms with van der Waals surface area (Å²) in [5.41, 5.74) is 2.11. The lowest BCUT2D eigenvalue weighted by Gasteiger charge is -2.01. The Morgan fingerprint density at radius 2 is 2.13 bits per heavy atom. The standard InChI is InChI=1S/C12H13NO2/c1-15-12(14)11-8-7-10(13-11)9-5-3-2-4-6-9/h2-6,11H,7-8H2,1H3/t11-/m1/s1. The molecule has 0 saturated heterocycles. The minimum Gasteiger partial charge on any atom is -0.467 e. The van der Waals surface area contributed by atoms with Gasteiger partial charge in [0.15, 0.2) is 0 Å². The maximum absolute atomic E-state index is 11.3. The number of hydrogen-bond acceptors (Lipinski definition) is 3. The number of benzene rings is 1. The number of carbonyl (C=O) groups is 1. The predicted octanol–water partition coefficient (Wildman–Crippen LogP) is 1.81. The summed E-state index contributed by atoms with van der Waals surface area (Å²) < 4.78 is 4.67. The van der Waals surface area contributed by atoms with Gasteiger partial charge in [-0.25, -0.2) is 4.79 Å². The van der Waals surface area contributed by atoms with Crippen LogP contribution in [0.3, 0.4) is 0 Å². The molecule has 0 N–H and O–H groups in total. The molecule has 1 atom stereocenters. The molecule has 0 unspecified atom stereocenters. The van der Waals surface area contributed by atoms with Crippen LogP contribution in [0.1, 0.15) is 18.4 Å². The quantitative estimate of drug-likeness (QED) is 0.687. The van der Waals surface area contributed by atoms with E-state index in [1.165, 1.54) is 7.11 Å². The number of hydrogen-bond donors (Lipinski definition) is 0. The van der Waals surface area contributed by atoms with Gasteiger partial charge in [-0.1, -0.05) is 30.3 Å². The average Bonchev–Trinajstić information content (AvgIpc) is 2.78. The monoisotopic (exact) mass is 203 g/mol. The van der Waals surface area contributed by atoms with Crippen molar-refractivity contribution in [3.63, 3.8) is 0 Å². The Bertz CT molecular complexity index is 384. The van der Waals surface area contributed by atoms with Gasteiger partial charge in [0.25, 0.3) is 0 Å². The lowest BCUT2D eigenvalue weighted by Crippen LogP contribution is -2.16. The maximum atomic E-state index is 11.3. The van der Waals surface area contributed by atoms with Gasteiger partial charge in [0.05, 0.1) is 7.11 Å². The van der Waals surface area contributed by atoms with E-state index in [0.717, 1.165) is 24.1 Å². The number of ether oxygens (including phenoxy) is 1. The summed E-state index contributed by atoms with van der Waals surface area (Å²) >= 11 is 0. The number of methoxy groups -OCH3 is 1. The molecule has 0 amide bonds. The number of nitrogens with zero attached hydrogens (tertiary/aromatic N) is 1. The SMILES string of the molecule is COC(=O)[C@H]1CCC(c2ccccc2)=N1. The van der Waals surface area contributed by atoms with E-state index in [2.05, 4.69) is 9.73 Å². The van der Waals surface area contributed by atoms with Gasteiger partial charge in [0.1, 0.15) is 6.04 Å². The van der Waals surface area contributed by atoms with Gasteiger partial charge in [-0.3, -0.25) is 4.99 Å². The maximum Gasteiger partial charge on any atom is 0.330 e. The van der Waals surface area contributed by atoms with E-state index in [0.29, 0.717) is 0 Å². The molecule has 3 heteroatoms. The van der Waals surface area contributed by atoms with Gasteiger partial charge >= 0.3 is 5.97 Å². The van der Waals surface area contributed by atoms with Crippen molar-refractivity contribution in [2.45, 2.75) is 18.9 Å². The van der Waals surface area contributed by atoms with Crippen LogP contribution in [-0.4, -0.2) is 24.8 Å². The zero-order chi connectivity index (χ0) is 10.7. The van der Waals surface area contributed by atoms with Crippen LogP contribution in [-0.2, 0) is 9.53 Å². The molecule has 78 valence electrons. The Kier molecular flexibility index (Phi) is 2.81. The first kappa shape index (κ1) is 9.90. The summed E-state index contributed by atoms with van der Waals surface area (Å²) in [6, 6.07) is 9.64. The zero-order valence-electron chi connectivity index (χ0n) is 8.64. The van der Waals surface area contributed by atoms with Crippen molar-refractivity contribution in [2.75, 3.05) is 7.11 Å². The van der Waals surface area contributed by atoms with E-state index in [1.807, 2.05) is 30.3 Å². The zero-order valence-corrected chi connectivity index (χ0v) is 8.64. The molecule has 1 aliphatic heterocycles. The third-order valence-corrected chi connectivity index (χ3v) is 2.55.